The summed E-state index contributed by atoms with van der Waals surface area (Å²) in [7, 11) is 0. The van der Waals surface area contributed by atoms with Crippen molar-refractivity contribution in [2.75, 3.05) is 6.54 Å². The van der Waals surface area contributed by atoms with E-state index in [1.807, 2.05) is 19.1 Å². The first-order valence-electron chi connectivity index (χ1n) is 7.34. The smallest absolute Gasteiger partial charge is 0.123 e. The number of benzene rings is 2. The van der Waals surface area contributed by atoms with Crippen LogP contribution in [0.5, 0.6) is 0 Å². The molecule has 0 saturated carbocycles. The first kappa shape index (κ1) is 16.0. The Morgan fingerprint density at radius 3 is 2.67 bits per heavy atom. The monoisotopic (exact) mass is 305 g/mol. The molecule has 0 aliphatic rings. The quantitative estimate of drug-likeness (QED) is 0.785. The number of aryl methyl sites for hydroxylation is 1. The first-order valence-corrected chi connectivity index (χ1v) is 7.72. The molecule has 0 radical (unpaired) electrons. The van der Waals surface area contributed by atoms with Gasteiger partial charge in [0.15, 0.2) is 0 Å². The fraction of sp³-hybridized carbons (Fsp3) is 0.333. The molecule has 2 aromatic rings. The van der Waals surface area contributed by atoms with Gasteiger partial charge < -0.3 is 5.32 Å². The Morgan fingerprint density at radius 2 is 2.00 bits per heavy atom. The van der Waals surface area contributed by atoms with Crippen molar-refractivity contribution < 1.29 is 4.39 Å². The highest BCUT2D eigenvalue weighted by Gasteiger charge is 2.14. The Kier molecular flexibility index (Phi) is 5.77. The second-order valence-corrected chi connectivity index (χ2v) is 5.77. The summed E-state index contributed by atoms with van der Waals surface area (Å²) >= 11 is 6.32. The van der Waals surface area contributed by atoms with Crippen LogP contribution in [0.3, 0.4) is 0 Å². The molecule has 1 N–H and O–H groups in total. The third-order valence-corrected chi connectivity index (χ3v) is 3.88. The maximum atomic E-state index is 13.5. The minimum atomic E-state index is -0.203. The Labute approximate surface area is 131 Å². The molecule has 0 heterocycles. The SMILES string of the molecule is CCCNC(Cc1ccc(C)cc1Cl)c1cccc(F)c1. The highest BCUT2D eigenvalue weighted by Crippen LogP contribution is 2.25. The molecule has 0 aliphatic carbocycles. The highest BCUT2D eigenvalue weighted by atomic mass is 35.5. The lowest BCUT2D eigenvalue weighted by molar-refractivity contribution is 0.524. The number of hydrogen-bond donors (Lipinski definition) is 1. The fourth-order valence-corrected chi connectivity index (χ4v) is 2.70. The van der Waals surface area contributed by atoms with Crippen molar-refractivity contribution in [3.63, 3.8) is 0 Å². The van der Waals surface area contributed by atoms with Crippen molar-refractivity contribution in [1.29, 1.82) is 0 Å². The molecule has 3 heteroatoms. The van der Waals surface area contributed by atoms with Gasteiger partial charge in [0, 0.05) is 11.1 Å². The van der Waals surface area contributed by atoms with Crippen molar-refractivity contribution in [2.24, 2.45) is 0 Å². The normalized spacial score (nSPS) is 12.4. The lowest BCUT2D eigenvalue weighted by Crippen LogP contribution is -2.24. The molecule has 1 atom stereocenters. The summed E-state index contributed by atoms with van der Waals surface area (Å²) in [6.45, 7) is 5.04. The molecular weight excluding hydrogens is 285 g/mol. The van der Waals surface area contributed by atoms with Gasteiger partial charge in [-0.15, -0.1) is 0 Å². The maximum absolute atomic E-state index is 13.5. The van der Waals surface area contributed by atoms with E-state index in [9.17, 15) is 4.39 Å². The predicted octanol–water partition coefficient (Wildman–Crippen LogP) is 5.07. The van der Waals surface area contributed by atoms with E-state index in [1.165, 1.54) is 6.07 Å². The minimum Gasteiger partial charge on any atom is -0.310 e. The lowest BCUT2D eigenvalue weighted by atomic mass is 9.98. The summed E-state index contributed by atoms with van der Waals surface area (Å²) < 4.78 is 13.5. The summed E-state index contributed by atoms with van der Waals surface area (Å²) in [6.07, 6.45) is 1.79. The average Bonchev–Trinajstić information content (AvgIpc) is 2.45. The summed E-state index contributed by atoms with van der Waals surface area (Å²) in [5.41, 5.74) is 3.19. The van der Waals surface area contributed by atoms with Gasteiger partial charge in [-0.25, -0.2) is 4.39 Å². The number of rotatable bonds is 6. The van der Waals surface area contributed by atoms with Gasteiger partial charge in [0.2, 0.25) is 0 Å². The highest BCUT2D eigenvalue weighted by molar-refractivity contribution is 6.31. The van der Waals surface area contributed by atoms with Gasteiger partial charge in [-0.05, 0) is 61.2 Å². The summed E-state index contributed by atoms with van der Waals surface area (Å²) in [4.78, 5) is 0. The largest absolute Gasteiger partial charge is 0.310 e. The van der Waals surface area contributed by atoms with Gasteiger partial charge in [0.05, 0.1) is 0 Å². The van der Waals surface area contributed by atoms with Gasteiger partial charge in [-0.1, -0.05) is 42.8 Å². The molecule has 2 rings (SSSR count). The molecule has 1 nitrogen and oxygen atoms in total. The van der Waals surface area contributed by atoms with Gasteiger partial charge in [0.1, 0.15) is 5.82 Å². The maximum Gasteiger partial charge on any atom is 0.123 e. The van der Waals surface area contributed by atoms with E-state index >= 15 is 0 Å². The van der Waals surface area contributed by atoms with Crippen LogP contribution in [-0.2, 0) is 6.42 Å². The van der Waals surface area contributed by atoms with E-state index in [2.05, 4.69) is 24.4 Å². The van der Waals surface area contributed by atoms with Crippen LogP contribution in [0.25, 0.3) is 0 Å². The molecule has 0 bridgehead atoms. The van der Waals surface area contributed by atoms with Crippen molar-refractivity contribution in [1.82, 2.24) is 5.32 Å². The van der Waals surface area contributed by atoms with Gasteiger partial charge >= 0.3 is 0 Å². The molecule has 0 spiro atoms. The molecule has 0 fully saturated rings. The third-order valence-electron chi connectivity index (χ3n) is 3.52. The topological polar surface area (TPSA) is 12.0 Å². The summed E-state index contributed by atoms with van der Waals surface area (Å²) in [6, 6.07) is 12.9. The second-order valence-electron chi connectivity index (χ2n) is 5.36. The van der Waals surface area contributed by atoms with Crippen LogP contribution in [-0.4, -0.2) is 6.54 Å². The minimum absolute atomic E-state index is 0.0702. The molecule has 1 unspecified atom stereocenters. The van der Waals surface area contributed by atoms with Crippen molar-refractivity contribution in [2.45, 2.75) is 32.7 Å². The van der Waals surface area contributed by atoms with Crippen LogP contribution in [0.2, 0.25) is 5.02 Å². The zero-order valence-corrected chi connectivity index (χ0v) is 13.3. The van der Waals surface area contributed by atoms with Crippen LogP contribution >= 0.6 is 11.6 Å². The van der Waals surface area contributed by atoms with E-state index in [0.29, 0.717) is 0 Å². The molecule has 0 amide bonds. The van der Waals surface area contributed by atoms with Crippen LogP contribution in [0.15, 0.2) is 42.5 Å². The van der Waals surface area contributed by atoms with Gasteiger partial charge in [-0.2, -0.15) is 0 Å². The first-order chi connectivity index (χ1) is 10.1. The Hall–Kier alpha value is -1.38. The van der Waals surface area contributed by atoms with E-state index in [4.69, 9.17) is 11.6 Å². The molecule has 0 saturated heterocycles. The molecule has 112 valence electrons. The molecule has 0 aliphatic heterocycles. The predicted molar refractivity (Wildman–Crippen MR) is 87.3 cm³/mol. The summed E-state index contributed by atoms with van der Waals surface area (Å²) in [5.74, 6) is -0.203. The van der Waals surface area contributed by atoms with Gasteiger partial charge in [0.25, 0.3) is 0 Å². The van der Waals surface area contributed by atoms with E-state index in [0.717, 1.165) is 41.1 Å². The number of nitrogens with one attached hydrogen (secondary N) is 1. The van der Waals surface area contributed by atoms with Crippen LogP contribution in [0.4, 0.5) is 4.39 Å². The fourth-order valence-electron chi connectivity index (χ4n) is 2.39. The Morgan fingerprint density at radius 1 is 1.19 bits per heavy atom. The summed E-state index contributed by atoms with van der Waals surface area (Å²) in [5, 5.41) is 4.25. The van der Waals surface area contributed by atoms with Crippen LogP contribution < -0.4 is 5.32 Å². The Balaban J connectivity index is 2.23. The molecular formula is C18H21ClFN. The number of halogens is 2. The van der Waals surface area contributed by atoms with E-state index in [1.54, 1.807) is 12.1 Å². The standard InChI is InChI=1S/C18H21ClFN/c1-3-9-21-18(15-5-4-6-16(20)11-15)12-14-8-7-13(2)10-17(14)19/h4-8,10-11,18,21H,3,9,12H2,1-2H3. The average molecular weight is 306 g/mol. The van der Waals surface area contributed by atoms with Gasteiger partial charge in [-0.3, -0.25) is 0 Å². The zero-order valence-electron chi connectivity index (χ0n) is 12.5. The molecule has 21 heavy (non-hydrogen) atoms. The van der Waals surface area contributed by atoms with Crippen LogP contribution in [0, 0.1) is 12.7 Å². The second kappa shape index (κ2) is 7.58. The Bertz CT molecular complexity index is 598. The zero-order chi connectivity index (χ0) is 15.2. The lowest BCUT2D eigenvalue weighted by Gasteiger charge is -2.20. The molecule has 2 aromatic carbocycles. The van der Waals surface area contributed by atoms with E-state index in [-0.39, 0.29) is 11.9 Å². The van der Waals surface area contributed by atoms with E-state index < -0.39 is 0 Å². The van der Waals surface area contributed by atoms with Crippen molar-refractivity contribution in [3.05, 3.63) is 70.0 Å². The van der Waals surface area contributed by atoms with Crippen molar-refractivity contribution >= 4 is 11.6 Å². The third kappa shape index (κ3) is 4.55. The van der Waals surface area contributed by atoms with Crippen LogP contribution in [0.1, 0.15) is 36.1 Å². The number of hydrogen-bond acceptors (Lipinski definition) is 1. The van der Waals surface area contributed by atoms with Crippen molar-refractivity contribution in [3.8, 4) is 0 Å². The molecule has 0 aromatic heterocycles.